The lowest BCUT2D eigenvalue weighted by atomic mass is 9.99. The van der Waals surface area contributed by atoms with Crippen LogP contribution in [-0.2, 0) is 4.74 Å². The Morgan fingerprint density at radius 1 is 1.27 bits per heavy atom. The maximum Gasteiger partial charge on any atom is 0.311 e. The third-order valence-electron chi connectivity index (χ3n) is 4.56. The van der Waals surface area contributed by atoms with Crippen LogP contribution in [0.1, 0.15) is 25.7 Å². The normalized spacial score (nSPS) is 21.6. The Labute approximate surface area is 129 Å². The van der Waals surface area contributed by atoms with E-state index >= 15 is 0 Å². The summed E-state index contributed by atoms with van der Waals surface area (Å²) in [5.41, 5.74) is 0.0503. The number of pyridine rings is 1. The maximum atomic E-state index is 11.0. The van der Waals surface area contributed by atoms with Crippen LogP contribution >= 0.6 is 0 Å². The molecule has 1 aromatic heterocycles. The molecule has 2 saturated heterocycles. The molecule has 0 saturated carbocycles. The lowest BCUT2D eigenvalue weighted by molar-refractivity contribution is -0.384. The van der Waals surface area contributed by atoms with E-state index in [4.69, 9.17) is 4.74 Å². The highest BCUT2D eigenvalue weighted by molar-refractivity contribution is 5.55. The fourth-order valence-corrected chi connectivity index (χ4v) is 3.31. The van der Waals surface area contributed by atoms with E-state index in [1.807, 2.05) is 0 Å². The number of likely N-dealkylation sites (tertiary alicyclic amines) is 1. The molecule has 0 aliphatic carbocycles. The minimum Gasteiger partial charge on any atom is -0.381 e. The molecular formula is C15H22N4O3. The lowest BCUT2D eigenvalue weighted by Gasteiger charge is -2.39. The molecule has 0 bridgehead atoms. The van der Waals surface area contributed by atoms with Gasteiger partial charge in [0, 0.05) is 50.7 Å². The van der Waals surface area contributed by atoms with E-state index in [2.05, 4.69) is 15.2 Å². The first kappa shape index (κ1) is 15.2. The Bertz CT molecular complexity index is 511. The number of aromatic nitrogens is 1. The van der Waals surface area contributed by atoms with E-state index in [-0.39, 0.29) is 16.7 Å². The van der Waals surface area contributed by atoms with Gasteiger partial charge in [0.1, 0.15) is 0 Å². The number of hydrogen-bond acceptors (Lipinski definition) is 6. The molecule has 0 radical (unpaired) electrons. The summed E-state index contributed by atoms with van der Waals surface area (Å²) in [6, 6.07) is 3.98. The van der Waals surface area contributed by atoms with Gasteiger partial charge < -0.3 is 15.0 Å². The Morgan fingerprint density at radius 3 is 2.68 bits per heavy atom. The summed E-state index contributed by atoms with van der Waals surface area (Å²) in [7, 11) is 0. The zero-order valence-electron chi connectivity index (χ0n) is 12.6. The molecule has 0 aromatic carbocycles. The summed E-state index contributed by atoms with van der Waals surface area (Å²) in [5.74, 6) is 0.386. The van der Waals surface area contributed by atoms with Gasteiger partial charge in [-0.1, -0.05) is 0 Å². The van der Waals surface area contributed by atoms with Crippen LogP contribution in [0.3, 0.4) is 0 Å². The number of nitrogens with one attached hydrogen (secondary N) is 1. The molecule has 0 unspecified atom stereocenters. The third-order valence-corrected chi connectivity index (χ3v) is 4.56. The van der Waals surface area contributed by atoms with Crippen LogP contribution in [0, 0.1) is 10.1 Å². The highest BCUT2D eigenvalue weighted by atomic mass is 16.6. The molecule has 7 nitrogen and oxygen atoms in total. The van der Waals surface area contributed by atoms with E-state index in [1.54, 1.807) is 12.3 Å². The van der Waals surface area contributed by atoms with Crippen molar-refractivity contribution in [1.29, 1.82) is 0 Å². The van der Waals surface area contributed by atoms with Gasteiger partial charge in [-0.3, -0.25) is 10.1 Å². The number of ether oxygens (including phenoxy) is 1. The van der Waals surface area contributed by atoms with Crippen LogP contribution in [0.2, 0.25) is 0 Å². The van der Waals surface area contributed by atoms with Gasteiger partial charge >= 0.3 is 5.69 Å². The average Bonchev–Trinajstić information content (AvgIpc) is 2.57. The van der Waals surface area contributed by atoms with Gasteiger partial charge in [0.25, 0.3) is 0 Å². The molecule has 2 fully saturated rings. The van der Waals surface area contributed by atoms with Crippen LogP contribution in [0.25, 0.3) is 0 Å². The van der Waals surface area contributed by atoms with Crippen molar-refractivity contribution in [1.82, 2.24) is 9.88 Å². The quantitative estimate of drug-likeness (QED) is 0.677. The Balaban J connectivity index is 1.55. The Kier molecular flexibility index (Phi) is 4.84. The standard InChI is InChI=1S/C15H22N4O3/c20-19(21)14-2-1-7-16-15(14)17-12-3-8-18(9-4-12)13-5-10-22-11-6-13/h1-2,7,12-13H,3-6,8-11H2,(H,16,17). The van der Waals surface area contributed by atoms with Gasteiger partial charge in [0.15, 0.2) is 0 Å². The first-order valence-corrected chi connectivity index (χ1v) is 7.92. The molecule has 1 N–H and O–H groups in total. The molecular weight excluding hydrogens is 284 g/mol. The van der Waals surface area contributed by atoms with Crippen molar-refractivity contribution in [2.45, 2.75) is 37.8 Å². The summed E-state index contributed by atoms with van der Waals surface area (Å²) in [5, 5.41) is 14.3. The number of piperidine rings is 1. The van der Waals surface area contributed by atoms with Crippen molar-refractivity contribution in [3.05, 3.63) is 28.4 Å². The zero-order chi connectivity index (χ0) is 15.4. The van der Waals surface area contributed by atoms with E-state index in [1.165, 1.54) is 6.07 Å². The fraction of sp³-hybridized carbons (Fsp3) is 0.667. The SMILES string of the molecule is O=[N+]([O-])c1cccnc1NC1CCN(C2CCOCC2)CC1. The van der Waals surface area contributed by atoms with Crippen molar-refractivity contribution in [2.75, 3.05) is 31.6 Å². The van der Waals surface area contributed by atoms with E-state index in [0.29, 0.717) is 11.9 Å². The predicted molar refractivity (Wildman–Crippen MR) is 83.0 cm³/mol. The second-order valence-corrected chi connectivity index (χ2v) is 5.93. The van der Waals surface area contributed by atoms with Crippen LogP contribution in [0.15, 0.2) is 18.3 Å². The molecule has 2 aliphatic heterocycles. The summed E-state index contributed by atoms with van der Waals surface area (Å²) in [6.07, 6.45) is 5.80. The van der Waals surface area contributed by atoms with Gasteiger partial charge in [0.2, 0.25) is 5.82 Å². The summed E-state index contributed by atoms with van der Waals surface area (Å²) in [4.78, 5) is 17.3. The third kappa shape index (κ3) is 3.53. The van der Waals surface area contributed by atoms with Crippen molar-refractivity contribution in [2.24, 2.45) is 0 Å². The van der Waals surface area contributed by atoms with Crippen LogP contribution < -0.4 is 5.32 Å². The number of nitrogens with zero attached hydrogens (tertiary/aromatic N) is 3. The average molecular weight is 306 g/mol. The largest absolute Gasteiger partial charge is 0.381 e. The topological polar surface area (TPSA) is 80.5 Å². The van der Waals surface area contributed by atoms with E-state index in [0.717, 1.165) is 52.0 Å². The van der Waals surface area contributed by atoms with Crippen molar-refractivity contribution in [3.63, 3.8) is 0 Å². The number of nitro groups is 1. The molecule has 0 atom stereocenters. The van der Waals surface area contributed by atoms with Gasteiger partial charge in [-0.05, 0) is 31.7 Å². The minimum absolute atomic E-state index is 0.0503. The van der Waals surface area contributed by atoms with E-state index in [9.17, 15) is 10.1 Å². The van der Waals surface area contributed by atoms with Gasteiger partial charge in [-0.25, -0.2) is 4.98 Å². The molecule has 7 heteroatoms. The highest BCUT2D eigenvalue weighted by Gasteiger charge is 2.27. The van der Waals surface area contributed by atoms with Gasteiger partial charge in [-0.15, -0.1) is 0 Å². The smallest absolute Gasteiger partial charge is 0.311 e. The highest BCUT2D eigenvalue weighted by Crippen LogP contribution is 2.25. The Hall–Kier alpha value is -1.73. The van der Waals surface area contributed by atoms with E-state index < -0.39 is 0 Å². The molecule has 0 spiro atoms. The number of anilines is 1. The van der Waals surface area contributed by atoms with Gasteiger partial charge in [0.05, 0.1) is 4.92 Å². The maximum absolute atomic E-state index is 11.0. The Morgan fingerprint density at radius 2 is 2.00 bits per heavy atom. The minimum atomic E-state index is -0.382. The summed E-state index contributed by atoms with van der Waals surface area (Å²) in [6.45, 7) is 3.79. The molecule has 120 valence electrons. The lowest BCUT2D eigenvalue weighted by Crippen LogP contribution is -2.46. The predicted octanol–water partition coefficient (Wildman–Crippen LogP) is 2.05. The molecule has 1 aromatic rings. The second kappa shape index (κ2) is 7.02. The monoisotopic (exact) mass is 306 g/mol. The summed E-state index contributed by atoms with van der Waals surface area (Å²) < 4.78 is 5.42. The zero-order valence-corrected chi connectivity index (χ0v) is 12.6. The first-order valence-electron chi connectivity index (χ1n) is 7.92. The van der Waals surface area contributed by atoms with Crippen LogP contribution in [0.5, 0.6) is 0 Å². The molecule has 3 heterocycles. The summed E-state index contributed by atoms with van der Waals surface area (Å²) >= 11 is 0. The number of hydrogen-bond donors (Lipinski definition) is 1. The fourth-order valence-electron chi connectivity index (χ4n) is 3.31. The van der Waals surface area contributed by atoms with Crippen LogP contribution in [-0.4, -0.2) is 53.2 Å². The molecule has 2 aliphatic rings. The molecule has 0 amide bonds. The van der Waals surface area contributed by atoms with Crippen molar-refractivity contribution in [3.8, 4) is 0 Å². The van der Waals surface area contributed by atoms with Crippen LogP contribution in [0.4, 0.5) is 11.5 Å². The van der Waals surface area contributed by atoms with Crippen molar-refractivity contribution < 1.29 is 9.66 Å². The second-order valence-electron chi connectivity index (χ2n) is 5.93. The molecule has 22 heavy (non-hydrogen) atoms. The number of rotatable bonds is 4. The molecule has 3 rings (SSSR count). The van der Waals surface area contributed by atoms with Crippen molar-refractivity contribution >= 4 is 11.5 Å². The van der Waals surface area contributed by atoms with Gasteiger partial charge in [-0.2, -0.15) is 0 Å². The first-order chi connectivity index (χ1) is 10.7.